The molecule has 0 heterocycles. The van der Waals surface area contributed by atoms with E-state index >= 15 is 0 Å². The molecular formula is C15H16F2N2S. The van der Waals surface area contributed by atoms with Gasteiger partial charge in [0.1, 0.15) is 11.6 Å². The summed E-state index contributed by atoms with van der Waals surface area (Å²) in [4.78, 5) is 0.576. The van der Waals surface area contributed by atoms with E-state index in [1.54, 1.807) is 37.3 Å². The third-order valence-corrected chi connectivity index (χ3v) is 4.17. The number of rotatable bonds is 5. The fourth-order valence-electron chi connectivity index (χ4n) is 1.86. The molecular weight excluding hydrogens is 278 g/mol. The van der Waals surface area contributed by atoms with E-state index in [1.165, 1.54) is 23.9 Å². The Kier molecular flexibility index (Phi) is 5.11. The Morgan fingerprint density at radius 3 is 2.55 bits per heavy atom. The molecule has 2 aromatic rings. The summed E-state index contributed by atoms with van der Waals surface area (Å²) in [6.45, 7) is 1.70. The molecule has 2 rings (SSSR count). The van der Waals surface area contributed by atoms with Crippen molar-refractivity contribution >= 4 is 11.8 Å². The summed E-state index contributed by atoms with van der Waals surface area (Å²) in [6.07, 6.45) is 0. The molecule has 2 nitrogen and oxygen atoms in total. The first-order valence-corrected chi connectivity index (χ1v) is 7.20. The lowest BCUT2D eigenvalue weighted by Gasteiger charge is -2.17. The van der Waals surface area contributed by atoms with Crippen LogP contribution in [0.4, 0.5) is 8.78 Å². The summed E-state index contributed by atoms with van der Waals surface area (Å²) in [5, 5.41) is 0. The molecule has 0 fully saturated rings. The minimum Gasteiger partial charge on any atom is -0.271 e. The van der Waals surface area contributed by atoms with Crippen molar-refractivity contribution in [1.29, 1.82) is 0 Å². The minimum atomic E-state index is -0.247. The number of aryl methyl sites for hydroxylation is 1. The number of hydrogen-bond acceptors (Lipinski definition) is 3. The van der Waals surface area contributed by atoms with Crippen molar-refractivity contribution in [3.63, 3.8) is 0 Å². The average molecular weight is 294 g/mol. The van der Waals surface area contributed by atoms with Gasteiger partial charge >= 0.3 is 0 Å². The van der Waals surface area contributed by atoms with Crippen LogP contribution in [0.1, 0.15) is 17.2 Å². The van der Waals surface area contributed by atoms with Crippen molar-refractivity contribution in [2.75, 3.05) is 5.75 Å². The zero-order chi connectivity index (χ0) is 14.5. The lowest BCUT2D eigenvalue weighted by molar-refractivity contribution is 0.592. The molecule has 0 saturated heterocycles. The monoisotopic (exact) mass is 294 g/mol. The Hall–Kier alpha value is -1.43. The van der Waals surface area contributed by atoms with Crippen molar-refractivity contribution in [3.05, 3.63) is 65.2 Å². The predicted molar refractivity (Wildman–Crippen MR) is 78.3 cm³/mol. The minimum absolute atomic E-state index is 0.168. The van der Waals surface area contributed by atoms with Crippen molar-refractivity contribution in [2.45, 2.75) is 17.9 Å². The number of hydrogen-bond donors (Lipinski definition) is 2. The van der Waals surface area contributed by atoms with Gasteiger partial charge in [-0.25, -0.2) is 8.78 Å². The van der Waals surface area contributed by atoms with Gasteiger partial charge in [-0.15, -0.1) is 11.8 Å². The third kappa shape index (κ3) is 3.56. The van der Waals surface area contributed by atoms with Crippen LogP contribution in [0.25, 0.3) is 0 Å². The summed E-state index contributed by atoms with van der Waals surface area (Å²) in [7, 11) is 0. The number of nitrogens with one attached hydrogen (secondary N) is 1. The zero-order valence-corrected chi connectivity index (χ0v) is 11.9. The van der Waals surface area contributed by atoms with Gasteiger partial charge in [-0.1, -0.05) is 24.3 Å². The fraction of sp³-hybridized carbons (Fsp3) is 0.200. The highest BCUT2D eigenvalue weighted by molar-refractivity contribution is 7.99. The van der Waals surface area contributed by atoms with E-state index in [9.17, 15) is 8.78 Å². The molecule has 0 aliphatic carbocycles. The van der Waals surface area contributed by atoms with Crippen LogP contribution in [-0.4, -0.2) is 5.75 Å². The Morgan fingerprint density at radius 1 is 1.15 bits per heavy atom. The first-order chi connectivity index (χ1) is 9.61. The van der Waals surface area contributed by atoms with Gasteiger partial charge in [0.2, 0.25) is 0 Å². The maximum absolute atomic E-state index is 13.5. The quantitative estimate of drug-likeness (QED) is 0.503. The Balaban J connectivity index is 2.09. The van der Waals surface area contributed by atoms with Gasteiger partial charge in [0.15, 0.2) is 0 Å². The van der Waals surface area contributed by atoms with E-state index in [2.05, 4.69) is 5.43 Å². The smallest absolute Gasteiger partial charge is 0.136 e. The van der Waals surface area contributed by atoms with E-state index in [0.29, 0.717) is 16.2 Å². The highest BCUT2D eigenvalue weighted by Crippen LogP contribution is 2.27. The summed E-state index contributed by atoms with van der Waals surface area (Å²) < 4.78 is 26.8. The van der Waals surface area contributed by atoms with Crippen LogP contribution in [0.2, 0.25) is 0 Å². The van der Waals surface area contributed by atoms with Crippen molar-refractivity contribution in [3.8, 4) is 0 Å². The molecule has 0 saturated carbocycles. The SMILES string of the molecule is Cc1cc(C(CSc2ccccc2F)NN)ccc1F. The zero-order valence-electron chi connectivity index (χ0n) is 11.1. The first kappa shape index (κ1) is 15.0. The lowest BCUT2D eigenvalue weighted by Crippen LogP contribution is -2.29. The van der Waals surface area contributed by atoms with Gasteiger partial charge < -0.3 is 0 Å². The molecule has 0 aliphatic heterocycles. The molecule has 20 heavy (non-hydrogen) atoms. The molecule has 0 bridgehead atoms. The van der Waals surface area contributed by atoms with Crippen LogP contribution >= 0.6 is 11.8 Å². The molecule has 106 valence electrons. The normalized spacial score (nSPS) is 12.4. The van der Waals surface area contributed by atoms with Gasteiger partial charge in [0, 0.05) is 10.6 Å². The largest absolute Gasteiger partial charge is 0.271 e. The molecule has 1 unspecified atom stereocenters. The van der Waals surface area contributed by atoms with Crippen molar-refractivity contribution < 1.29 is 8.78 Å². The van der Waals surface area contributed by atoms with Gasteiger partial charge in [-0.05, 0) is 36.2 Å². The molecule has 0 amide bonds. The van der Waals surface area contributed by atoms with E-state index in [-0.39, 0.29) is 17.7 Å². The predicted octanol–water partition coefficient (Wildman–Crippen LogP) is 3.57. The summed E-state index contributed by atoms with van der Waals surface area (Å²) in [5.74, 6) is 5.61. The summed E-state index contributed by atoms with van der Waals surface area (Å²) in [6, 6.07) is 11.3. The van der Waals surface area contributed by atoms with Crippen molar-refractivity contribution in [1.82, 2.24) is 5.43 Å². The average Bonchev–Trinajstić information content (AvgIpc) is 2.45. The van der Waals surface area contributed by atoms with E-state index in [4.69, 9.17) is 5.84 Å². The second-order valence-electron chi connectivity index (χ2n) is 4.47. The fourth-order valence-corrected chi connectivity index (χ4v) is 2.88. The second kappa shape index (κ2) is 6.83. The van der Waals surface area contributed by atoms with E-state index in [1.807, 2.05) is 0 Å². The third-order valence-electron chi connectivity index (χ3n) is 3.03. The van der Waals surface area contributed by atoms with Crippen LogP contribution in [0.3, 0.4) is 0 Å². The summed E-state index contributed by atoms with van der Waals surface area (Å²) in [5.41, 5.74) is 4.14. The first-order valence-electron chi connectivity index (χ1n) is 6.21. The topological polar surface area (TPSA) is 38.0 Å². The summed E-state index contributed by atoms with van der Waals surface area (Å²) >= 11 is 1.37. The molecule has 3 N–H and O–H groups in total. The molecule has 0 radical (unpaired) electrons. The molecule has 0 spiro atoms. The van der Waals surface area contributed by atoms with Crippen LogP contribution in [-0.2, 0) is 0 Å². The number of hydrazine groups is 1. The molecule has 0 aromatic heterocycles. The van der Waals surface area contributed by atoms with Crippen LogP contribution < -0.4 is 11.3 Å². The molecule has 2 aromatic carbocycles. The maximum Gasteiger partial charge on any atom is 0.136 e. The Bertz CT molecular complexity index is 590. The van der Waals surface area contributed by atoms with E-state index in [0.717, 1.165) is 5.56 Å². The van der Waals surface area contributed by atoms with Crippen molar-refractivity contribution in [2.24, 2.45) is 5.84 Å². The lowest BCUT2D eigenvalue weighted by atomic mass is 10.1. The molecule has 1 atom stereocenters. The number of benzene rings is 2. The highest BCUT2D eigenvalue weighted by Gasteiger charge is 2.13. The van der Waals surface area contributed by atoms with E-state index < -0.39 is 0 Å². The highest BCUT2D eigenvalue weighted by atomic mass is 32.2. The molecule has 5 heteroatoms. The van der Waals surface area contributed by atoms with Crippen LogP contribution in [0, 0.1) is 18.6 Å². The number of nitrogens with two attached hydrogens (primary N) is 1. The number of halogens is 2. The van der Waals surface area contributed by atoms with Gasteiger partial charge in [0.25, 0.3) is 0 Å². The Labute approximate surface area is 121 Å². The molecule has 0 aliphatic rings. The van der Waals surface area contributed by atoms with Crippen LogP contribution in [0.5, 0.6) is 0 Å². The van der Waals surface area contributed by atoms with Gasteiger partial charge in [0.05, 0.1) is 6.04 Å². The van der Waals surface area contributed by atoms with Gasteiger partial charge in [-0.2, -0.15) is 0 Å². The van der Waals surface area contributed by atoms with Gasteiger partial charge in [-0.3, -0.25) is 11.3 Å². The maximum atomic E-state index is 13.5. The standard InChI is InChI=1S/C15H16F2N2S/c1-10-8-11(6-7-12(10)16)14(19-18)9-20-15-5-3-2-4-13(15)17/h2-8,14,19H,9,18H2,1H3. The number of thioether (sulfide) groups is 1. The Morgan fingerprint density at radius 2 is 1.90 bits per heavy atom. The second-order valence-corrected chi connectivity index (χ2v) is 5.53. The van der Waals surface area contributed by atoms with Crippen LogP contribution in [0.15, 0.2) is 47.4 Å².